The average Bonchev–Trinajstić information content (AvgIpc) is 2.48. The number of nitrogens with zero attached hydrogens (tertiary/aromatic N) is 3. The lowest BCUT2D eigenvalue weighted by molar-refractivity contribution is 0.326. The zero-order valence-corrected chi connectivity index (χ0v) is 12.1. The van der Waals surface area contributed by atoms with Crippen LogP contribution in [0.1, 0.15) is 18.1 Å². The average molecular weight is 290 g/mol. The Morgan fingerprint density at radius 3 is 3.10 bits per heavy atom. The van der Waals surface area contributed by atoms with Crippen LogP contribution in [-0.2, 0) is 13.0 Å². The standard InChI is InChI=1S/C15H16ClN3O/c1-2-20-15-8-14(17-10-18-15)19-7-6-12-11(9-19)4-3-5-13(12)16/h3-5,8,10H,2,6-7,9H2,1H3. The summed E-state index contributed by atoms with van der Waals surface area (Å²) in [5.74, 6) is 1.52. The summed E-state index contributed by atoms with van der Waals surface area (Å²) in [5, 5.41) is 0.861. The van der Waals surface area contributed by atoms with E-state index in [1.54, 1.807) is 6.33 Å². The maximum atomic E-state index is 6.24. The lowest BCUT2D eigenvalue weighted by Crippen LogP contribution is -2.31. The van der Waals surface area contributed by atoms with Crippen molar-refractivity contribution < 1.29 is 4.74 Å². The molecular formula is C15H16ClN3O. The Morgan fingerprint density at radius 1 is 1.35 bits per heavy atom. The predicted octanol–water partition coefficient (Wildman–Crippen LogP) is 3.09. The zero-order chi connectivity index (χ0) is 13.9. The molecule has 0 spiro atoms. The van der Waals surface area contributed by atoms with Crippen LogP contribution in [0.4, 0.5) is 5.82 Å². The molecule has 20 heavy (non-hydrogen) atoms. The van der Waals surface area contributed by atoms with Gasteiger partial charge in [-0.2, -0.15) is 0 Å². The number of aromatic nitrogens is 2. The third kappa shape index (κ3) is 2.56. The molecule has 0 amide bonds. The number of rotatable bonds is 3. The van der Waals surface area contributed by atoms with Gasteiger partial charge in [0.1, 0.15) is 12.1 Å². The van der Waals surface area contributed by atoms with Crippen LogP contribution >= 0.6 is 11.6 Å². The quantitative estimate of drug-likeness (QED) is 0.870. The SMILES string of the molecule is CCOc1cc(N2CCc3c(Cl)cccc3C2)ncn1. The van der Waals surface area contributed by atoms with Crippen molar-refractivity contribution in [2.45, 2.75) is 19.9 Å². The van der Waals surface area contributed by atoms with Gasteiger partial charge >= 0.3 is 0 Å². The molecule has 0 fully saturated rings. The van der Waals surface area contributed by atoms with E-state index in [9.17, 15) is 0 Å². The summed E-state index contributed by atoms with van der Waals surface area (Å²) in [6, 6.07) is 7.96. The second-order valence-corrected chi connectivity index (χ2v) is 5.10. The molecule has 0 bridgehead atoms. The third-order valence-electron chi connectivity index (χ3n) is 3.45. The molecule has 1 aromatic heterocycles. The summed E-state index contributed by atoms with van der Waals surface area (Å²) in [7, 11) is 0. The summed E-state index contributed by atoms with van der Waals surface area (Å²) < 4.78 is 5.43. The molecule has 1 aliphatic heterocycles. The van der Waals surface area contributed by atoms with E-state index < -0.39 is 0 Å². The molecule has 0 aliphatic carbocycles. The van der Waals surface area contributed by atoms with Crippen molar-refractivity contribution in [3.63, 3.8) is 0 Å². The Balaban J connectivity index is 1.85. The Kier molecular flexibility index (Phi) is 3.74. The molecule has 2 aromatic rings. The summed E-state index contributed by atoms with van der Waals surface area (Å²) in [6.45, 7) is 4.27. The molecule has 0 unspecified atom stereocenters. The third-order valence-corrected chi connectivity index (χ3v) is 3.81. The highest BCUT2D eigenvalue weighted by Crippen LogP contribution is 2.28. The predicted molar refractivity (Wildman–Crippen MR) is 79.4 cm³/mol. The smallest absolute Gasteiger partial charge is 0.218 e. The van der Waals surface area contributed by atoms with E-state index in [0.29, 0.717) is 12.5 Å². The molecule has 0 atom stereocenters. The van der Waals surface area contributed by atoms with Gasteiger partial charge in [0, 0.05) is 24.2 Å². The van der Waals surface area contributed by atoms with E-state index in [4.69, 9.17) is 16.3 Å². The van der Waals surface area contributed by atoms with Crippen LogP contribution in [0.2, 0.25) is 5.02 Å². The Morgan fingerprint density at radius 2 is 2.25 bits per heavy atom. The van der Waals surface area contributed by atoms with Crippen LogP contribution in [0, 0.1) is 0 Å². The van der Waals surface area contributed by atoms with Crippen LogP contribution in [0.25, 0.3) is 0 Å². The molecule has 104 valence electrons. The second-order valence-electron chi connectivity index (χ2n) is 4.70. The lowest BCUT2D eigenvalue weighted by Gasteiger charge is -2.30. The summed E-state index contributed by atoms with van der Waals surface area (Å²) in [6.07, 6.45) is 2.48. The molecule has 0 saturated heterocycles. The molecule has 1 aliphatic rings. The van der Waals surface area contributed by atoms with E-state index in [0.717, 1.165) is 30.4 Å². The highest BCUT2D eigenvalue weighted by Gasteiger charge is 2.19. The normalized spacial score (nSPS) is 14.0. The Bertz CT molecular complexity index is 618. The van der Waals surface area contributed by atoms with Crippen molar-refractivity contribution in [1.29, 1.82) is 0 Å². The molecule has 0 saturated carbocycles. The first-order valence-corrected chi connectivity index (χ1v) is 7.12. The number of hydrogen-bond acceptors (Lipinski definition) is 4. The highest BCUT2D eigenvalue weighted by molar-refractivity contribution is 6.31. The van der Waals surface area contributed by atoms with Gasteiger partial charge in [-0.25, -0.2) is 9.97 Å². The number of hydrogen-bond donors (Lipinski definition) is 0. The van der Waals surface area contributed by atoms with Gasteiger partial charge in [0.25, 0.3) is 0 Å². The van der Waals surface area contributed by atoms with Gasteiger partial charge in [-0.1, -0.05) is 23.7 Å². The van der Waals surface area contributed by atoms with Gasteiger partial charge in [0.2, 0.25) is 5.88 Å². The van der Waals surface area contributed by atoms with Crippen LogP contribution in [0.3, 0.4) is 0 Å². The summed E-state index contributed by atoms with van der Waals surface area (Å²) in [5.41, 5.74) is 2.52. The van der Waals surface area contributed by atoms with Crippen molar-refractivity contribution in [2.75, 3.05) is 18.1 Å². The van der Waals surface area contributed by atoms with Crippen molar-refractivity contribution >= 4 is 17.4 Å². The Hall–Kier alpha value is -1.81. The fraction of sp³-hybridized carbons (Fsp3) is 0.333. The van der Waals surface area contributed by atoms with E-state index in [1.165, 1.54) is 11.1 Å². The van der Waals surface area contributed by atoms with Crippen LogP contribution in [0.15, 0.2) is 30.6 Å². The zero-order valence-electron chi connectivity index (χ0n) is 11.3. The highest BCUT2D eigenvalue weighted by atomic mass is 35.5. The minimum atomic E-state index is 0.606. The maximum absolute atomic E-state index is 6.24. The molecule has 3 rings (SSSR count). The molecule has 4 nitrogen and oxygen atoms in total. The molecule has 2 heterocycles. The van der Waals surface area contributed by atoms with E-state index >= 15 is 0 Å². The van der Waals surface area contributed by atoms with E-state index in [-0.39, 0.29) is 0 Å². The molecular weight excluding hydrogens is 274 g/mol. The second kappa shape index (κ2) is 5.67. The van der Waals surface area contributed by atoms with Gasteiger partial charge in [-0.3, -0.25) is 0 Å². The van der Waals surface area contributed by atoms with Crippen molar-refractivity contribution in [2.24, 2.45) is 0 Å². The maximum Gasteiger partial charge on any atom is 0.218 e. The van der Waals surface area contributed by atoms with Crippen molar-refractivity contribution in [3.05, 3.63) is 46.7 Å². The fourth-order valence-electron chi connectivity index (χ4n) is 2.49. The number of benzene rings is 1. The molecule has 1 aromatic carbocycles. The Labute approximate surface area is 123 Å². The van der Waals surface area contributed by atoms with Gasteiger partial charge in [0.05, 0.1) is 6.61 Å². The minimum absolute atomic E-state index is 0.606. The van der Waals surface area contributed by atoms with E-state index in [1.807, 2.05) is 25.1 Å². The summed E-state index contributed by atoms with van der Waals surface area (Å²) in [4.78, 5) is 10.7. The largest absolute Gasteiger partial charge is 0.478 e. The van der Waals surface area contributed by atoms with Gasteiger partial charge in [-0.15, -0.1) is 0 Å². The first kappa shape index (κ1) is 13.2. The van der Waals surface area contributed by atoms with Crippen LogP contribution in [0.5, 0.6) is 5.88 Å². The molecule has 5 heteroatoms. The van der Waals surface area contributed by atoms with Crippen LogP contribution in [-0.4, -0.2) is 23.1 Å². The monoisotopic (exact) mass is 289 g/mol. The first-order chi connectivity index (χ1) is 9.78. The fourth-order valence-corrected chi connectivity index (χ4v) is 2.78. The number of halogens is 1. The van der Waals surface area contributed by atoms with Crippen molar-refractivity contribution in [1.82, 2.24) is 9.97 Å². The topological polar surface area (TPSA) is 38.2 Å². The molecule has 0 radical (unpaired) electrons. The lowest BCUT2D eigenvalue weighted by atomic mass is 10.00. The van der Waals surface area contributed by atoms with Gasteiger partial charge in [-0.05, 0) is 30.5 Å². The first-order valence-electron chi connectivity index (χ1n) is 6.74. The van der Waals surface area contributed by atoms with Crippen LogP contribution < -0.4 is 9.64 Å². The number of anilines is 1. The number of ether oxygens (including phenoxy) is 1. The van der Waals surface area contributed by atoms with E-state index in [2.05, 4.69) is 20.9 Å². The summed E-state index contributed by atoms with van der Waals surface area (Å²) >= 11 is 6.24. The minimum Gasteiger partial charge on any atom is -0.478 e. The van der Waals surface area contributed by atoms with Gasteiger partial charge < -0.3 is 9.64 Å². The van der Waals surface area contributed by atoms with Gasteiger partial charge in [0.15, 0.2) is 0 Å². The molecule has 0 N–H and O–H groups in total. The van der Waals surface area contributed by atoms with Crippen molar-refractivity contribution in [3.8, 4) is 5.88 Å². The number of fused-ring (bicyclic) bond motifs is 1.